The van der Waals surface area contributed by atoms with Crippen LogP contribution in [0.5, 0.6) is 0 Å². The number of halogens is 1. The van der Waals surface area contributed by atoms with Gasteiger partial charge >= 0.3 is 0 Å². The first kappa shape index (κ1) is 22.6. The lowest BCUT2D eigenvalue weighted by molar-refractivity contribution is 0.304. The third-order valence-corrected chi connectivity index (χ3v) is 7.10. The second-order valence-corrected chi connectivity index (χ2v) is 9.46. The van der Waals surface area contributed by atoms with Crippen molar-refractivity contribution in [1.82, 2.24) is 0 Å². The fourth-order valence-electron chi connectivity index (χ4n) is 5.12. The Balaban J connectivity index is 1.48. The van der Waals surface area contributed by atoms with Gasteiger partial charge < -0.3 is 0 Å². The summed E-state index contributed by atoms with van der Waals surface area (Å²) < 4.78 is 15.2. The lowest BCUT2D eigenvalue weighted by Crippen LogP contribution is -2.13. The highest BCUT2D eigenvalue weighted by atomic mass is 19.1. The smallest absolute Gasteiger partial charge is 0.146 e. The van der Waals surface area contributed by atoms with E-state index in [1.54, 1.807) is 0 Å². The van der Waals surface area contributed by atoms with E-state index in [1.165, 1.54) is 56.1 Å². The zero-order valence-corrected chi connectivity index (χ0v) is 19.6. The SMILES string of the molecule is CCCCC1CCC(c2ccc3c(F)c(C#Cc4ccc(CCC)cc4)ccc3c2)CC1. The Morgan fingerprint density at radius 3 is 2.34 bits per heavy atom. The standard InChI is InChI=1S/C31H35F/c1-3-5-7-24-12-15-26(16-13-24)28-20-21-30-29(22-28)19-18-27(31(30)32)17-14-25-10-8-23(6-4-2)9-11-25/h8-11,18-22,24,26H,3-7,12-13,15-16H2,1-2H3. The molecule has 1 saturated carbocycles. The van der Waals surface area contributed by atoms with Gasteiger partial charge in [0.1, 0.15) is 5.82 Å². The Morgan fingerprint density at radius 2 is 1.62 bits per heavy atom. The highest BCUT2D eigenvalue weighted by Gasteiger charge is 2.22. The molecular formula is C31H35F. The third-order valence-electron chi connectivity index (χ3n) is 7.10. The molecule has 0 bridgehead atoms. The van der Waals surface area contributed by atoms with Gasteiger partial charge in [-0.2, -0.15) is 0 Å². The number of benzene rings is 3. The van der Waals surface area contributed by atoms with Gasteiger partial charge in [0.15, 0.2) is 0 Å². The van der Waals surface area contributed by atoms with Crippen LogP contribution in [0.1, 0.15) is 93.4 Å². The minimum absolute atomic E-state index is 0.201. The lowest BCUT2D eigenvalue weighted by Gasteiger charge is -2.29. The lowest BCUT2D eigenvalue weighted by atomic mass is 9.77. The van der Waals surface area contributed by atoms with E-state index in [2.05, 4.69) is 50.0 Å². The molecule has 0 atom stereocenters. The van der Waals surface area contributed by atoms with Crippen molar-refractivity contribution in [2.24, 2.45) is 5.92 Å². The Bertz CT molecular complexity index is 1090. The maximum absolute atomic E-state index is 15.2. The molecule has 0 unspecified atom stereocenters. The topological polar surface area (TPSA) is 0 Å². The van der Waals surface area contributed by atoms with E-state index in [-0.39, 0.29) is 5.82 Å². The number of rotatable bonds is 6. The van der Waals surface area contributed by atoms with Crippen LogP contribution >= 0.6 is 0 Å². The zero-order chi connectivity index (χ0) is 22.3. The van der Waals surface area contributed by atoms with E-state index in [1.807, 2.05) is 30.3 Å². The molecule has 0 aromatic heterocycles. The summed E-state index contributed by atoms with van der Waals surface area (Å²) in [7, 11) is 0. The second kappa shape index (κ2) is 10.8. The quantitative estimate of drug-likeness (QED) is 0.345. The van der Waals surface area contributed by atoms with E-state index in [0.29, 0.717) is 16.9 Å². The van der Waals surface area contributed by atoms with Gasteiger partial charge in [-0.1, -0.05) is 87.8 Å². The molecule has 1 aliphatic rings. The Kier molecular flexibility index (Phi) is 7.64. The summed E-state index contributed by atoms with van der Waals surface area (Å²) in [6.45, 7) is 4.46. The molecule has 166 valence electrons. The van der Waals surface area contributed by atoms with E-state index >= 15 is 4.39 Å². The Morgan fingerprint density at radius 1 is 0.844 bits per heavy atom. The maximum Gasteiger partial charge on any atom is 0.146 e. The molecule has 0 radical (unpaired) electrons. The van der Waals surface area contributed by atoms with Crippen LogP contribution in [-0.2, 0) is 6.42 Å². The van der Waals surface area contributed by atoms with Crippen molar-refractivity contribution in [2.75, 3.05) is 0 Å². The molecular weight excluding hydrogens is 391 g/mol. The summed E-state index contributed by atoms with van der Waals surface area (Å²) in [5, 5.41) is 1.66. The Labute approximate surface area is 193 Å². The molecule has 0 saturated heterocycles. The Hall–Kier alpha value is -2.59. The van der Waals surface area contributed by atoms with Crippen molar-refractivity contribution in [1.29, 1.82) is 0 Å². The second-order valence-electron chi connectivity index (χ2n) is 9.46. The fraction of sp³-hybridized carbons (Fsp3) is 0.419. The fourth-order valence-corrected chi connectivity index (χ4v) is 5.12. The summed E-state index contributed by atoms with van der Waals surface area (Å²) in [6, 6.07) is 18.5. The monoisotopic (exact) mass is 426 g/mol. The molecule has 0 amide bonds. The van der Waals surface area contributed by atoms with Gasteiger partial charge in [-0.3, -0.25) is 0 Å². The van der Waals surface area contributed by atoms with Crippen LogP contribution < -0.4 is 0 Å². The molecule has 0 nitrogen and oxygen atoms in total. The normalized spacial score (nSPS) is 18.3. The minimum Gasteiger partial charge on any atom is -0.205 e. The molecule has 3 aromatic rings. The molecule has 4 rings (SSSR count). The first-order valence-electron chi connectivity index (χ1n) is 12.5. The molecule has 32 heavy (non-hydrogen) atoms. The summed E-state index contributed by atoms with van der Waals surface area (Å²) in [5.41, 5.74) is 4.09. The predicted octanol–water partition coefficient (Wildman–Crippen LogP) is 8.80. The van der Waals surface area contributed by atoms with Crippen LogP contribution in [0.2, 0.25) is 0 Å². The molecule has 3 aromatic carbocycles. The summed E-state index contributed by atoms with van der Waals surface area (Å²) in [4.78, 5) is 0. The van der Waals surface area contributed by atoms with Gasteiger partial charge in [0.05, 0.1) is 5.56 Å². The van der Waals surface area contributed by atoms with Crippen molar-refractivity contribution < 1.29 is 4.39 Å². The van der Waals surface area contributed by atoms with E-state index in [4.69, 9.17) is 0 Å². The van der Waals surface area contributed by atoms with Crippen LogP contribution in [0, 0.1) is 23.6 Å². The van der Waals surface area contributed by atoms with Gasteiger partial charge in [-0.05, 0) is 78.7 Å². The highest BCUT2D eigenvalue weighted by molar-refractivity contribution is 5.85. The van der Waals surface area contributed by atoms with Crippen molar-refractivity contribution in [3.8, 4) is 11.8 Å². The van der Waals surface area contributed by atoms with Crippen molar-refractivity contribution >= 4 is 10.8 Å². The number of unbranched alkanes of at least 4 members (excludes halogenated alkanes) is 1. The number of aryl methyl sites for hydroxylation is 1. The van der Waals surface area contributed by atoms with Crippen LogP contribution in [0.25, 0.3) is 10.8 Å². The minimum atomic E-state index is -0.201. The van der Waals surface area contributed by atoms with Crippen molar-refractivity contribution in [3.05, 3.63) is 82.7 Å². The highest BCUT2D eigenvalue weighted by Crippen LogP contribution is 2.38. The van der Waals surface area contributed by atoms with E-state index < -0.39 is 0 Å². The summed E-state index contributed by atoms with van der Waals surface area (Å²) in [6.07, 6.45) is 11.5. The average Bonchev–Trinajstić information content (AvgIpc) is 2.83. The molecule has 1 aliphatic carbocycles. The molecule has 1 fully saturated rings. The molecule has 0 aliphatic heterocycles. The molecule has 0 spiro atoms. The van der Waals surface area contributed by atoms with Gasteiger partial charge in [-0.25, -0.2) is 4.39 Å². The summed E-state index contributed by atoms with van der Waals surface area (Å²) in [5.74, 6) is 7.50. The number of hydrogen-bond donors (Lipinski definition) is 0. The predicted molar refractivity (Wildman–Crippen MR) is 135 cm³/mol. The van der Waals surface area contributed by atoms with Crippen molar-refractivity contribution in [2.45, 2.75) is 77.6 Å². The van der Waals surface area contributed by atoms with Gasteiger partial charge in [0, 0.05) is 10.9 Å². The summed E-state index contributed by atoms with van der Waals surface area (Å²) >= 11 is 0. The molecule has 1 heteroatoms. The van der Waals surface area contributed by atoms with Gasteiger partial charge in [-0.15, -0.1) is 0 Å². The largest absolute Gasteiger partial charge is 0.205 e. The van der Waals surface area contributed by atoms with E-state index in [9.17, 15) is 0 Å². The van der Waals surface area contributed by atoms with Crippen LogP contribution in [0.4, 0.5) is 4.39 Å². The van der Waals surface area contributed by atoms with Crippen LogP contribution in [0.3, 0.4) is 0 Å². The first-order chi connectivity index (χ1) is 15.7. The maximum atomic E-state index is 15.2. The third kappa shape index (κ3) is 5.42. The van der Waals surface area contributed by atoms with E-state index in [0.717, 1.165) is 29.7 Å². The zero-order valence-electron chi connectivity index (χ0n) is 19.6. The van der Waals surface area contributed by atoms with Crippen LogP contribution in [0.15, 0.2) is 54.6 Å². The average molecular weight is 427 g/mol. The number of fused-ring (bicyclic) bond motifs is 1. The van der Waals surface area contributed by atoms with Crippen LogP contribution in [-0.4, -0.2) is 0 Å². The molecule has 0 heterocycles. The van der Waals surface area contributed by atoms with Gasteiger partial charge in [0.25, 0.3) is 0 Å². The first-order valence-corrected chi connectivity index (χ1v) is 12.5. The number of hydrogen-bond acceptors (Lipinski definition) is 0. The van der Waals surface area contributed by atoms with Crippen molar-refractivity contribution in [3.63, 3.8) is 0 Å². The van der Waals surface area contributed by atoms with Gasteiger partial charge in [0.2, 0.25) is 0 Å². The molecule has 0 N–H and O–H groups in total.